The number of nitrogens with one attached hydrogen (secondary N) is 3. The van der Waals surface area contributed by atoms with Gasteiger partial charge in [-0.25, -0.2) is 4.79 Å². The lowest BCUT2D eigenvalue weighted by Gasteiger charge is -2.35. The number of carbonyl (C=O) groups is 2. The van der Waals surface area contributed by atoms with E-state index in [4.69, 9.17) is 4.74 Å². The van der Waals surface area contributed by atoms with Crippen LogP contribution in [0, 0.1) is 0 Å². The fourth-order valence-corrected chi connectivity index (χ4v) is 3.17. The van der Waals surface area contributed by atoms with Crippen LogP contribution in [0.3, 0.4) is 0 Å². The third-order valence-corrected chi connectivity index (χ3v) is 4.64. The molecule has 0 bridgehead atoms. The van der Waals surface area contributed by atoms with E-state index in [1.54, 1.807) is 0 Å². The molecule has 27 heavy (non-hydrogen) atoms. The van der Waals surface area contributed by atoms with Crippen LogP contribution in [-0.2, 0) is 16.0 Å². The molecule has 0 aliphatic carbocycles. The Labute approximate surface area is 160 Å². The average molecular weight is 377 g/mol. The van der Waals surface area contributed by atoms with E-state index in [0.717, 1.165) is 12.8 Å². The monoisotopic (exact) mass is 377 g/mol. The summed E-state index contributed by atoms with van der Waals surface area (Å²) in [5.74, 6) is -0.0558. The highest BCUT2D eigenvalue weighted by Crippen LogP contribution is 2.21. The number of hydrogen-bond acceptors (Lipinski definition) is 4. The van der Waals surface area contributed by atoms with Crippen molar-refractivity contribution in [1.29, 1.82) is 0 Å². The molecule has 1 aliphatic heterocycles. The number of hydrogen-bond donors (Lipinski definition) is 4. The fraction of sp³-hybridized carbons (Fsp3) is 0.600. The largest absolute Gasteiger partial charge is 0.394 e. The number of carbonyl (C=O) groups excluding carboxylic acids is 2. The summed E-state index contributed by atoms with van der Waals surface area (Å²) in [5.41, 5.74) is 1.18. The van der Waals surface area contributed by atoms with Crippen molar-refractivity contribution in [3.63, 3.8) is 0 Å². The first-order valence-corrected chi connectivity index (χ1v) is 9.73. The Morgan fingerprint density at radius 1 is 1.15 bits per heavy atom. The topological polar surface area (TPSA) is 99.7 Å². The lowest BCUT2D eigenvalue weighted by molar-refractivity contribution is -0.130. The Balaban J connectivity index is 1.70. The SMILES string of the molecule is CCCNC(=O)N[C@H]1CC[C@H](CC(=O)NCCc2ccccc2)O[C@@H]1CO. The van der Waals surface area contributed by atoms with Gasteiger partial charge in [0.1, 0.15) is 6.10 Å². The number of benzene rings is 1. The van der Waals surface area contributed by atoms with Crippen LogP contribution in [0.2, 0.25) is 0 Å². The van der Waals surface area contributed by atoms with E-state index >= 15 is 0 Å². The Bertz CT molecular complexity index is 582. The summed E-state index contributed by atoms with van der Waals surface area (Å²) in [5, 5.41) is 18.1. The van der Waals surface area contributed by atoms with Crippen LogP contribution in [0.1, 0.15) is 38.2 Å². The van der Waals surface area contributed by atoms with Gasteiger partial charge in [-0.15, -0.1) is 0 Å². The molecule has 150 valence electrons. The molecule has 7 nitrogen and oxygen atoms in total. The van der Waals surface area contributed by atoms with E-state index in [1.165, 1.54) is 5.56 Å². The molecule has 4 N–H and O–H groups in total. The van der Waals surface area contributed by atoms with Crippen molar-refractivity contribution in [3.05, 3.63) is 35.9 Å². The molecule has 0 radical (unpaired) electrons. The molecule has 1 aliphatic rings. The minimum Gasteiger partial charge on any atom is -0.394 e. The maximum Gasteiger partial charge on any atom is 0.315 e. The van der Waals surface area contributed by atoms with E-state index in [2.05, 4.69) is 16.0 Å². The number of aliphatic hydroxyl groups is 1. The first kappa shape index (κ1) is 21.2. The summed E-state index contributed by atoms with van der Waals surface area (Å²) in [6.45, 7) is 2.98. The van der Waals surface area contributed by atoms with Gasteiger partial charge in [0.2, 0.25) is 5.91 Å². The van der Waals surface area contributed by atoms with Gasteiger partial charge < -0.3 is 25.8 Å². The molecule has 0 spiro atoms. The molecule has 3 atom stereocenters. The predicted octanol–water partition coefficient (Wildman–Crippen LogP) is 1.35. The third kappa shape index (κ3) is 7.56. The van der Waals surface area contributed by atoms with E-state index in [-0.39, 0.29) is 37.1 Å². The quantitative estimate of drug-likeness (QED) is 0.522. The van der Waals surface area contributed by atoms with E-state index in [0.29, 0.717) is 25.9 Å². The zero-order chi connectivity index (χ0) is 19.5. The van der Waals surface area contributed by atoms with Gasteiger partial charge in [0.15, 0.2) is 0 Å². The summed E-state index contributed by atoms with van der Waals surface area (Å²) in [6.07, 6.45) is 2.52. The second-order valence-electron chi connectivity index (χ2n) is 6.85. The number of ether oxygens (including phenoxy) is 1. The number of urea groups is 1. The van der Waals surface area contributed by atoms with Gasteiger partial charge in [0.25, 0.3) is 0 Å². The average Bonchev–Trinajstić information content (AvgIpc) is 2.68. The summed E-state index contributed by atoms with van der Waals surface area (Å²) < 4.78 is 5.84. The maximum absolute atomic E-state index is 12.1. The normalized spacial score (nSPS) is 22.1. The van der Waals surface area contributed by atoms with E-state index in [9.17, 15) is 14.7 Å². The molecule has 0 unspecified atom stereocenters. The number of rotatable bonds is 9. The Hall–Kier alpha value is -2.12. The van der Waals surface area contributed by atoms with Crippen LogP contribution in [0.25, 0.3) is 0 Å². The highest BCUT2D eigenvalue weighted by molar-refractivity contribution is 5.76. The minimum atomic E-state index is -0.492. The molecule has 0 saturated carbocycles. The second-order valence-corrected chi connectivity index (χ2v) is 6.85. The molecule has 2 rings (SSSR count). The van der Waals surface area contributed by atoms with Crippen molar-refractivity contribution in [1.82, 2.24) is 16.0 Å². The zero-order valence-corrected chi connectivity index (χ0v) is 15.9. The van der Waals surface area contributed by atoms with Crippen LogP contribution in [0.4, 0.5) is 4.79 Å². The second kappa shape index (κ2) is 11.6. The molecular weight excluding hydrogens is 346 g/mol. The van der Waals surface area contributed by atoms with Crippen molar-refractivity contribution < 1.29 is 19.4 Å². The number of aliphatic hydroxyl groups excluding tert-OH is 1. The Morgan fingerprint density at radius 3 is 2.63 bits per heavy atom. The smallest absolute Gasteiger partial charge is 0.315 e. The molecule has 1 saturated heterocycles. The standard InChI is InChI=1S/C20H31N3O4/c1-2-11-22-20(26)23-17-9-8-16(27-18(17)14-24)13-19(25)21-12-10-15-6-4-3-5-7-15/h3-7,16-18,24H,2,8-14H2,1H3,(H,21,25)(H2,22,23,26)/t16-,17+,18-/m1/s1. The van der Waals surface area contributed by atoms with Crippen molar-refractivity contribution in [3.8, 4) is 0 Å². The predicted molar refractivity (Wildman–Crippen MR) is 103 cm³/mol. The lowest BCUT2D eigenvalue weighted by Crippen LogP contribution is -2.53. The highest BCUT2D eigenvalue weighted by Gasteiger charge is 2.32. The van der Waals surface area contributed by atoms with Crippen LogP contribution in [-0.4, -0.2) is 55.0 Å². The summed E-state index contributed by atoms with van der Waals surface area (Å²) in [6, 6.07) is 9.50. The van der Waals surface area contributed by atoms with Crippen molar-refractivity contribution in [2.45, 2.75) is 57.3 Å². The Kier molecular flexibility index (Phi) is 9.07. The summed E-state index contributed by atoms with van der Waals surface area (Å²) in [7, 11) is 0. The van der Waals surface area contributed by atoms with Gasteiger partial charge in [0.05, 0.1) is 25.2 Å². The minimum absolute atomic E-state index is 0.0558. The van der Waals surface area contributed by atoms with Gasteiger partial charge in [-0.05, 0) is 31.2 Å². The molecule has 1 fully saturated rings. The van der Waals surface area contributed by atoms with E-state index in [1.807, 2.05) is 37.3 Å². The van der Waals surface area contributed by atoms with Gasteiger partial charge in [-0.2, -0.15) is 0 Å². The lowest BCUT2D eigenvalue weighted by atomic mass is 9.97. The molecular formula is C20H31N3O4. The van der Waals surface area contributed by atoms with Gasteiger partial charge in [-0.3, -0.25) is 4.79 Å². The van der Waals surface area contributed by atoms with Crippen LogP contribution >= 0.6 is 0 Å². The van der Waals surface area contributed by atoms with Crippen LogP contribution in [0.5, 0.6) is 0 Å². The zero-order valence-electron chi connectivity index (χ0n) is 15.9. The molecule has 7 heteroatoms. The highest BCUT2D eigenvalue weighted by atomic mass is 16.5. The van der Waals surface area contributed by atoms with Gasteiger partial charge in [-0.1, -0.05) is 37.3 Å². The van der Waals surface area contributed by atoms with Crippen LogP contribution < -0.4 is 16.0 Å². The molecule has 1 aromatic carbocycles. The molecule has 1 heterocycles. The van der Waals surface area contributed by atoms with E-state index < -0.39 is 6.10 Å². The summed E-state index contributed by atoms with van der Waals surface area (Å²) in [4.78, 5) is 23.9. The first-order valence-electron chi connectivity index (χ1n) is 9.73. The van der Waals surface area contributed by atoms with Crippen molar-refractivity contribution >= 4 is 11.9 Å². The van der Waals surface area contributed by atoms with Crippen molar-refractivity contribution in [2.24, 2.45) is 0 Å². The van der Waals surface area contributed by atoms with Gasteiger partial charge >= 0.3 is 6.03 Å². The molecule has 0 aromatic heterocycles. The molecule has 1 aromatic rings. The maximum atomic E-state index is 12.1. The molecule has 3 amide bonds. The summed E-state index contributed by atoms with van der Waals surface area (Å²) >= 11 is 0. The number of amides is 3. The van der Waals surface area contributed by atoms with Crippen LogP contribution in [0.15, 0.2) is 30.3 Å². The van der Waals surface area contributed by atoms with Gasteiger partial charge in [0, 0.05) is 13.1 Å². The fourth-order valence-electron chi connectivity index (χ4n) is 3.17. The first-order chi connectivity index (χ1) is 13.1. The van der Waals surface area contributed by atoms with Crippen molar-refractivity contribution in [2.75, 3.05) is 19.7 Å². The third-order valence-electron chi connectivity index (χ3n) is 4.64. The Morgan fingerprint density at radius 2 is 1.93 bits per heavy atom.